The molecule has 3 rings (SSSR count). The highest BCUT2D eigenvalue weighted by molar-refractivity contribution is 6.08. The molecule has 1 amide bonds. The van der Waals surface area contributed by atoms with Gasteiger partial charge < -0.3 is 15.5 Å². The van der Waals surface area contributed by atoms with Crippen LogP contribution in [0.4, 0.5) is 17.3 Å². The molecule has 0 fully saturated rings. The number of hydrogen-bond acceptors (Lipinski definition) is 6. The summed E-state index contributed by atoms with van der Waals surface area (Å²) < 4.78 is 0. The monoisotopic (exact) mass is 302 g/mol. The Hall–Kier alpha value is -2.18. The molecular weight excluding hydrogens is 280 g/mol. The fraction of sp³-hybridized carbons (Fsp3) is 0.600. The SMILES string of the molecule is CCC(C)C1Nc2nc(C)nc(N3CCN=C3C)c2NC1=O. The number of aromatic nitrogens is 2. The second kappa shape index (κ2) is 5.55. The molecule has 7 heteroatoms. The first kappa shape index (κ1) is 14.7. The number of fused-ring (bicyclic) bond motifs is 1. The molecule has 2 N–H and O–H groups in total. The maximum atomic E-state index is 12.4. The quantitative estimate of drug-likeness (QED) is 0.889. The fourth-order valence-electron chi connectivity index (χ4n) is 2.84. The van der Waals surface area contributed by atoms with Gasteiger partial charge in [-0.2, -0.15) is 0 Å². The Morgan fingerprint density at radius 2 is 2.14 bits per heavy atom. The minimum absolute atomic E-state index is 0.0238. The Bertz CT molecular complexity index is 641. The number of amides is 1. The maximum absolute atomic E-state index is 12.4. The van der Waals surface area contributed by atoms with Crippen LogP contribution in [0.15, 0.2) is 4.99 Å². The van der Waals surface area contributed by atoms with Crippen molar-refractivity contribution in [3.63, 3.8) is 0 Å². The van der Waals surface area contributed by atoms with Gasteiger partial charge >= 0.3 is 0 Å². The summed E-state index contributed by atoms with van der Waals surface area (Å²) in [7, 11) is 0. The van der Waals surface area contributed by atoms with Crippen molar-refractivity contribution >= 4 is 29.1 Å². The topological polar surface area (TPSA) is 82.5 Å². The van der Waals surface area contributed by atoms with E-state index in [-0.39, 0.29) is 17.9 Å². The molecule has 3 heterocycles. The van der Waals surface area contributed by atoms with Crippen molar-refractivity contribution in [1.82, 2.24) is 9.97 Å². The summed E-state index contributed by atoms with van der Waals surface area (Å²) in [5.74, 6) is 3.24. The molecule has 0 bridgehead atoms. The van der Waals surface area contributed by atoms with Crippen LogP contribution in [0.2, 0.25) is 0 Å². The lowest BCUT2D eigenvalue weighted by atomic mass is 9.97. The molecule has 0 aliphatic carbocycles. The number of hydrogen-bond donors (Lipinski definition) is 2. The number of aliphatic imine (C=N–C) groups is 1. The lowest BCUT2D eigenvalue weighted by Gasteiger charge is -2.32. The van der Waals surface area contributed by atoms with Gasteiger partial charge in [0.2, 0.25) is 5.91 Å². The van der Waals surface area contributed by atoms with E-state index in [1.807, 2.05) is 18.7 Å². The summed E-state index contributed by atoms with van der Waals surface area (Å²) >= 11 is 0. The Morgan fingerprint density at radius 3 is 2.77 bits per heavy atom. The van der Waals surface area contributed by atoms with Crippen molar-refractivity contribution in [2.24, 2.45) is 10.9 Å². The van der Waals surface area contributed by atoms with Crippen LogP contribution in [-0.4, -0.2) is 40.8 Å². The first-order chi connectivity index (χ1) is 10.5. The predicted octanol–water partition coefficient (Wildman–Crippen LogP) is 1.80. The van der Waals surface area contributed by atoms with E-state index in [1.165, 1.54) is 0 Å². The molecule has 0 saturated carbocycles. The summed E-state index contributed by atoms with van der Waals surface area (Å²) in [4.78, 5) is 27.8. The molecule has 118 valence electrons. The van der Waals surface area contributed by atoms with Crippen molar-refractivity contribution in [3.05, 3.63) is 5.82 Å². The lowest BCUT2D eigenvalue weighted by molar-refractivity contribution is -0.118. The van der Waals surface area contributed by atoms with Crippen molar-refractivity contribution in [1.29, 1.82) is 0 Å². The van der Waals surface area contributed by atoms with Gasteiger partial charge in [-0.05, 0) is 19.8 Å². The van der Waals surface area contributed by atoms with Gasteiger partial charge in [0.05, 0.1) is 6.54 Å². The molecule has 1 aromatic rings. The van der Waals surface area contributed by atoms with Crippen LogP contribution in [0.3, 0.4) is 0 Å². The third kappa shape index (κ3) is 2.40. The van der Waals surface area contributed by atoms with Gasteiger partial charge in [-0.25, -0.2) is 9.97 Å². The van der Waals surface area contributed by atoms with Crippen LogP contribution in [0.1, 0.15) is 33.0 Å². The number of carbonyl (C=O) groups excluding carboxylic acids is 1. The molecule has 0 saturated heterocycles. The highest BCUT2D eigenvalue weighted by Crippen LogP contribution is 2.35. The van der Waals surface area contributed by atoms with Crippen molar-refractivity contribution in [2.75, 3.05) is 28.6 Å². The van der Waals surface area contributed by atoms with E-state index in [1.54, 1.807) is 0 Å². The summed E-state index contributed by atoms with van der Waals surface area (Å²) in [6.07, 6.45) is 0.926. The first-order valence-corrected chi connectivity index (χ1v) is 7.76. The molecule has 0 aromatic carbocycles. The number of nitrogens with zero attached hydrogens (tertiary/aromatic N) is 4. The molecule has 2 aliphatic heterocycles. The van der Waals surface area contributed by atoms with Crippen LogP contribution >= 0.6 is 0 Å². The molecule has 22 heavy (non-hydrogen) atoms. The zero-order valence-corrected chi connectivity index (χ0v) is 13.5. The Morgan fingerprint density at radius 1 is 1.36 bits per heavy atom. The second-order valence-electron chi connectivity index (χ2n) is 5.90. The molecular formula is C15H22N6O. The van der Waals surface area contributed by atoms with Gasteiger partial charge in [-0.15, -0.1) is 0 Å². The Kier molecular flexibility index (Phi) is 3.72. The molecule has 7 nitrogen and oxygen atoms in total. The van der Waals surface area contributed by atoms with Gasteiger partial charge in [0.25, 0.3) is 0 Å². The third-order valence-corrected chi connectivity index (χ3v) is 4.35. The highest BCUT2D eigenvalue weighted by atomic mass is 16.2. The number of nitrogens with one attached hydrogen (secondary N) is 2. The van der Waals surface area contributed by atoms with Crippen molar-refractivity contribution < 1.29 is 4.79 Å². The zero-order valence-electron chi connectivity index (χ0n) is 13.5. The summed E-state index contributed by atoms with van der Waals surface area (Å²) in [5, 5.41) is 6.28. The van der Waals surface area contributed by atoms with E-state index in [0.717, 1.165) is 31.2 Å². The maximum Gasteiger partial charge on any atom is 0.247 e. The van der Waals surface area contributed by atoms with E-state index in [0.29, 0.717) is 17.3 Å². The number of anilines is 3. The van der Waals surface area contributed by atoms with E-state index >= 15 is 0 Å². The second-order valence-corrected chi connectivity index (χ2v) is 5.90. The molecule has 2 unspecified atom stereocenters. The van der Waals surface area contributed by atoms with Gasteiger partial charge in [-0.1, -0.05) is 20.3 Å². The predicted molar refractivity (Wildman–Crippen MR) is 87.6 cm³/mol. The van der Waals surface area contributed by atoms with Crippen LogP contribution in [0.5, 0.6) is 0 Å². The summed E-state index contributed by atoms with van der Waals surface area (Å²) in [5.41, 5.74) is 0.659. The number of aryl methyl sites for hydroxylation is 1. The molecule has 1 aromatic heterocycles. The molecule has 0 spiro atoms. The van der Waals surface area contributed by atoms with E-state index in [2.05, 4.69) is 39.4 Å². The fourth-order valence-corrected chi connectivity index (χ4v) is 2.84. The van der Waals surface area contributed by atoms with E-state index in [4.69, 9.17) is 0 Å². The zero-order chi connectivity index (χ0) is 15.9. The van der Waals surface area contributed by atoms with Crippen LogP contribution < -0.4 is 15.5 Å². The van der Waals surface area contributed by atoms with Gasteiger partial charge in [0, 0.05) is 6.54 Å². The van der Waals surface area contributed by atoms with E-state index in [9.17, 15) is 4.79 Å². The van der Waals surface area contributed by atoms with Crippen molar-refractivity contribution in [2.45, 2.75) is 40.2 Å². The van der Waals surface area contributed by atoms with Crippen LogP contribution in [-0.2, 0) is 4.79 Å². The highest BCUT2D eigenvalue weighted by Gasteiger charge is 2.34. The van der Waals surface area contributed by atoms with Gasteiger partial charge in [-0.3, -0.25) is 9.79 Å². The largest absolute Gasteiger partial charge is 0.356 e. The number of amidine groups is 1. The molecule has 0 radical (unpaired) electrons. The van der Waals surface area contributed by atoms with Crippen LogP contribution in [0, 0.1) is 12.8 Å². The Labute approximate surface area is 130 Å². The average molecular weight is 302 g/mol. The van der Waals surface area contributed by atoms with E-state index < -0.39 is 0 Å². The third-order valence-electron chi connectivity index (χ3n) is 4.35. The van der Waals surface area contributed by atoms with Gasteiger partial charge in [0.1, 0.15) is 23.4 Å². The molecule has 2 aliphatic rings. The average Bonchev–Trinajstić information content (AvgIpc) is 2.91. The Balaban J connectivity index is 2.02. The van der Waals surface area contributed by atoms with Crippen LogP contribution in [0.25, 0.3) is 0 Å². The smallest absolute Gasteiger partial charge is 0.247 e. The number of carbonyl (C=O) groups is 1. The van der Waals surface area contributed by atoms with Gasteiger partial charge in [0.15, 0.2) is 11.6 Å². The normalized spacial score (nSPS) is 21.8. The van der Waals surface area contributed by atoms with Crippen molar-refractivity contribution in [3.8, 4) is 0 Å². The summed E-state index contributed by atoms with van der Waals surface area (Å²) in [6.45, 7) is 9.49. The lowest BCUT2D eigenvalue weighted by Crippen LogP contribution is -2.44. The summed E-state index contributed by atoms with van der Waals surface area (Å²) in [6, 6.07) is -0.256. The minimum Gasteiger partial charge on any atom is -0.356 e. The molecule has 2 atom stereocenters. The minimum atomic E-state index is -0.256. The first-order valence-electron chi connectivity index (χ1n) is 7.76. The number of rotatable bonds is 3. The standard InChI is InChI=1S/C15H22N6O/c1-5-8(2)11-15(22)20-12-13(19-11)17-9(3)18-14(12)21-7-6-16-10(21)4/h8,11H,5-7H2,1-4H3,(H,20,22)(H,17,18,19).